The second-order valence-corrected chi connectivity index (χ2v) is 8.41. The lowest BCUT2D eigenvalue weighted by molar-refractivity contribution is -0.115. The van der Waals surface area contributed by atoms with Crippen LogP contribution in [0.15, 0.2) is 92.0 Å². The van der Waals surface area contributed by atoms with Crippen molar-refractivity contribution in [3.05, 3.63) is 114 Å². The Kier molecular flexibility index (Phi) is 9.97. The van der Waals surface area contributed by atoms with E-state index in [9.17, 15) is 14.4 Å². The molecule has 190 valence electrons. The van der Waals surface area contributed by atoms with Crippen molar-refractivity contribution in [2.45, 2.75) is 32.6 Å². The van der Waals surface area contributed by atoms with E-state index >= 15 is 0 Å². The van der Waals surface area contributed by atoms with Crippen molar-refractivity contribution in [2.24, 2.45) is 0 Å². The van der Waals surface area contributed by atoms with Crippen LogP contribution in [0.1, 0.15) is 39.9 Å². The second kappa shape index (κ2) is 13.6. The minimum absolute atomic E-state index is 0.0124. The predicted molar refractivity (Wildman–Crippen MR) is 142 cm³/mol. The molecular formula is C31H30O6. The summed E-state index contributed by atoms with van der Waals surface area (Å²) < 4.78 is 16.9. The maximum absolute atomic E-state index is 12.5. The highest BCUT2D eigenvalue weighted by molar-refractivity contribution is 5.91. The molecule has 0 saturated carbocycles. The first-order chi connectivity index (χ1) is 17.9. The van der Waals surface area contributed by atoms with Crippen molar-refractivity contribution in [3.63, 3.8) is 0 Å². The summed E-state index contributed by atoms with van der Waals surface area (Å²) in [7, 11) is 0. The Morgan fingerprint density at radius 1 is 0.730 bits per heavy atom. The summed E-state index contributed by atoms with van der Waals surface area (Å²) in [5.74, 6) is 1.21. The largest absolute Gasteiger partial charge is 0.458 e. The summed E-state index contributed by atoms with van der Waals surface area (Å²) in [6.07, 6.45) is 4.72. The molecule has 37 heavy (non-hydrogen) atoms. The van der Waals surface area contributed by atoms with Crippen LogP contribution in [0.5, 0.6) is 17.2 Å². The highest BCUT2D eigenvalue weighted by atomic mass is 16.7. The summed E-state index contributed by atoms with van der Waals surface area (Å²) in [6.45, 7) is 8.81. The van der Waals surface area contributed by atoms with Gasteiger partial charge in [0, 0.05) is 12.8 Å². The van der Waals surface area contributed by atoms with Crippen molar-refractivity contribution in [2.75, 3.05) is 6.79 Å². The molecule has 0 aromatic heterocycles. The number of rotatable bonds is 14. The summed E-state index contributed by atoms with van der Waals surface area (Å²) in [4.78, 5) is 35.2. The summed E-state index contributed by atoms with van der Waals surface area (Å²) in [5, 5.41) is 0. The number of carbonyl (C=O) groups is 3. The molecule has 0 aliphatic carbocycles. The Labute approximate surface area is 217 Å². The van der Waals surface area contributed by atoms with Gasteiger partial charge >= 0.3 is 5.97 Å². The van der Waals surface area contributed by atoms with Gasteiger partial charge in [-0.25, -0.2) is 4.79 Å². The monoisotopic (exact) mass is 498 g/mol. The van der Waals surface area contributed by atoms with Crippen molar-refractivity contribution in [3.8, 4) is 17.2 Å². The van der Waals surface area contributed by atoms with Gasteiger partial charge in [0.25, 0.3) is 0 Å². The van der Waals surface area contributed by atoms with Crippen LogP contribution in [0.2, 0.25) is 0 Å². The van der Waals surface area contributed by atoms with Crippen LogP contribution >= 0.6 is 0 Å². The number of carbonyl (C=O) groups excluding carboxylic acids is 3. The van der Waals surface area contributed by atoms with Crippen LogP contribution in [0.3, 0.4) is 0 Å². The number of aryl methyl sites for hydroxylation is 3. The van der Waals surface area contributed by atoms with Gasteiger partial charge in [0.2, 0.25) is 6.79 Å². The lowest BCUT2D eigenvalue weighted by atomic mass is 10.1. The molecule has 6 heteroatoms. The van der Waals surface area contributed by atoms with Gasteiger partial charge in [-0.15, -0.1) is 0 Å². The molecule has 0 N–H and O–H groups in total. The highest BCUT2D eigenvalue weighted by Gasteiger charge is 2.11. The standard InChI is InChI=1S/C31H30O6/c1-4-26(32)14-8-23-6-12-25(13-7-23)31(34)37-29-18-19-30(22(3)20-29)36-21-35-28-16-10-24(11-17-28)9-15-27(33)5-2/h4-7,10-13,16-20H,1-2,8-9,14-15,21H2,3H3. The molecular weight excluding hydrogens is 468 g/mol. The van der Waals surface area contributed by atoms with Gasteiger partial charge in [-0.05, 0) is 91.1 Å². The van der Waals surface area contributed by atoms with E-state index in [-0.39, 0.29) is 18.4 Å². The van der Waals surface area contributed by atoms with E-state index in [1.807, 2.05) is 43.3 Å². The molecule has 3 rings (SSSR count). The topological polar surface area (TPSA) is 78.9 Å². The molecule has 0 heterocycles. The summed E-state index contributed by atoms with van der Waals surface area (Å²) >= 11 is 0. The van der Waals surface area contributed by atoms with E-state index in [0.29, 0.717) is 48.5 Å². The van der Waals surface area contributed by atoms with Gasteiger partial charge < -0.3 is 14.2 Å². The lowest BCUT2D eigenvalue weighted by Gasteiger charge is -2.12. The molecule has 0 spiro atoms. The van der Waals surface area contributed by atoms with Gasteiger partial charge in [0.1, 0.15) is 17.2 Å². The van der Waals surface area contributed by atoms with Crippen LogP contribution < -0.4 is 14.2 Å². The molecule has 3 aromatic rings. The highest BCUT2D eigenvalue weighted by Crippen LogP contribution is 2.25. The molecule has 0 unspecified atom stereocenters. The summed E-state index contributed by atoms with van der Waals surface area (Å²) in [5.41, 5.74) is 3.21. The van der Waals surface area contributed by atoms with Gasteiger partial charge in [-0.2, -0.15) is 0 Å². The molecule has 0 radical (unpaired) electrons. The van der Waals surface area contributed by atoms with E-state index < -0.39 is 5.97 Å². The molecule has 0 aliphatic heterocycles. The number of hydrogen-bond donors (Lipinski definition) is 0. The number of esters is 1. The maximum atomic E-state index is 12.5. The normalized spacial score (nSPS) is 10.3. The number of allylic oxidation sites excluding steroid dienone is 2. The zero-order valence-corrected chi connectivity index (χ0v) is 20.9. The maximum Gasteiger partial charge on any atom is 0.343 e. The smallest absolute Gasteiger partial charge is 0.343 e. The number of ketones is 2. The minimum Gasteiger partial charge on any atom is -0.458 e. The second-order valence-electron chi connectivity index (χ2n) is 8.41. The SMILES string of the molecule is C=CC(=O)CCc1ccc(OCOc2ccc(OC(=O)c3ccc(CCC(=O)C=C)cc3)cc2C)cc1. The molecule has 0 amide bonds. The van der Waals surface area contributed by atoms with Crippen LogP contribution in [-0.4, -0.2) is 24.3 Å². The van der Waals surface area contributed by atoms with Crippen molar-refractivity contribution in [1.29, 1.82) is 0 Å². The molecule has 0 aliphatic rings. The lowest BCUT2D eigenvalue weighted by Crippen LogP contribution is -2.09. The van der Waals surface area contributed by atoms with Gasteiger partial charge in [-0.1, -0.05) is 37.4 Å². The number of benzene rings is 3. The Morgan fingerprint density at radius 3 is 1.81 bits per heavy atom. The third kappa shape index (κ3) is 8.61. The fraction of sp³-hybridized carbons (Fsp3) is 0.194. The average Bonchev–Trinajstić information content (AvgIpc) is 2.92. The molecule has 0 atom stereocenters. The van der Waals surface area contributed by atoms with E-state index in [1.165, 1.54) is 12.2 Å². The number of hydrogen-bond acceptors (Lipinski definition) is 6. The molecule has 0 fully saturated rings. The summed E-state index contributed by atoms with van der Waals surface area (Å²) in [6, 6.07) is 19.6. The fourth-order valence-electron chi connectivity index (χ4n) is 3.47. The quantitative estimate of drug-likeness (QED) is 0.117. The minimum atomic E-state index is -0.470. The Balaban J connectivity index is 1.47. The Hall–Kier alpha value is -4.45. The van der Waals surface area contributed by atoms with Crippen LogP contribution in [0.25, 0.3) is 0 Å². The van der Waals surface area contributed by atoms with E-state index in [0.717, 1.165) is 16.7 Å². The van der Waals surface area contributed by atoms with Crippen molar-refractivity contribution < 1.29 is 28.6 Å². The average molecular weight is 499 g/mol. The molecule has 6 nitrogen and oxygen atoms in total. The molecule has 0 bridgehead atoms. The number of ether oxygens (including phenoxy) is 3. The molecule has 3 aromatic carbocycles. The molecule has 0 saturated heterocycles. The Bertz CT molecular complexity index is 1260. The Morgan fingerprint density at radius 2 is 1.27 bits per heavy atom. The third-order valence-electron chi connectivity index (χ3n) is 5.69. The zero-order chi connectivity index (χ0) is 26.6. The fourth-order valence-corrected chi connectivity index (χ4v) is 3.47. The first-order valence-corrected chi connectivity index (χ1v) is 11.9. The third-order valence-corrected chi connectivity index (χ3v) is 5.69. The van der Waals surface area contributed by atoms with Gasteiger partial charge in [0.15, 0.2) is 11.6 Å². The van der Waals surface area contributed by atoms with E-state index in [1.54, 1.807) is 30.3 Å². The van der Waals surface area contributed by atoms with Crippen molar-refractivity contribution >= 4 is 17.5 Å². The van der Waals surface area contributed by atoms with Crippen LogP contribution in [0, 0.1) is 6.92 Å². The van der Waals surface area contributed by atoms with E-state index in [4.69, 9.17) is 14.2 Å². The predicted octanol–water partition coefficient (Wildman–Crippen LogP) is 6.00. The van der Waals surface area contributed by atoms with Crippen molar-refractivity contribution in [1.82, 2.24) is 0 Å². The van der Waals surface area contributed by atoms with Crippen LogP contribution in [-0.2, 0) is 22.4 Å². The van der Waals surface area contributed by atoms with E-state index in [2.05, 4.69) is 13.2 Å². The van der Waals surface area contributed by atoms with Crippen LogP contribution in [0.4, 0.5) is 0 Å². The first kappa shape index (κ1) is 27.1. The first-order valence-electron chi connectivity index (χ1n) is 11.9. The van der Waals surface area contributed by atoms with Gasteiger partial charge in [-0.3, -0.25) is 9.59 Å². The van der Waals surface area contributed by atoms with Gasteiger partial charge in [0.05, 0.1) is 5.56 Å². The zero-order valence-electron chi connectivity index (χ0n) is 20.9.